The fraction of sp³-hybridized carbons (Fsp3) is 0.188. The van der Waals surface area contributed by atoms with Gasteiger partial charge in [0.05, 0.1) is 24.8 Å². The van der Waals surface area contributed by atoms with Crippen molar-refractivity contribution in [3.63, 3.8) is 0 Å². The van der Waals surface area contributed by atoms with Crippen LogP contribution >= 0.6 is 11.8 Å². The van der Waals surface area contributed by atoms with Crippen LogP contribution in [0.2, 0.25) is 0 Å². The lowest BCUT2D eigenvalue weighted by atomic mass is 10.3. The first-order valence-corrected chi connectivity index (χ1v) is 7.44. The smallest absolute Gasteiger partial charge is 0.251 e. The van der Waals surface area contributed by atoms with Crippen molar-refractivity contribution in [3.8, 4) is 11.5 Å². The van der Waals surface area contributed by atoms with Gasteiger partial charge in [0, 0.05) is 17.9 Å². The fourth-order valence-electron chi connectivity index (χ4n) is 1.96. The Hall–Kier alpha value is -2.28. The lowest BCUT2D eigenvalue weighted by Gasteiger charge is -2.16. The first-order chi connectivity index (χ1) is 11.0. The zero-order valence-corrected chi connectivity index (χ0v) is 13.6. The van der Waals surface area contributed by atoms with Gasteiger partial charge < -0.3 is 9.47 Å². The molecule has 2 aromatic rings. The van der Waals surface area contributed by atoms with Crippen molar-refractivity contribution in [3.05, 3.63) is 42.2 Å². The normalized spacial score (nSPS) is 10.3. The summed E-state index contributed by atoms with van der Waals surface area (Å²) in [6.45, 7) is 1.06. The predicted molar refractivity (Wildman–Crippen MR) is 84.3 cm³/mol. The second-order valence-electron chi connectivity index (χ2n) is 4.51. The second-order valence-corrected chi connectivity index (χ2v) is 5.59. The van der Waals surface area contributed by atoms with E-state index in [4.69, 9.17) is 9.47 Å². The number of hydrogen-bond donors (Lipinski definition) is 0. The van der Waals surface area contributed by atoms with Crippen molar-refractivity contribution < 1.29 is 23.1 Å². The molecule has 7 heteroatoms. The largest absolute Gasteiger partial charge is 0.493 e. The van der Waals surface area contributed by atoms with Gasteiger partial charge in [-0.2, -0.15) is 0 Å². The highest BCUT2D eigenvalue weighted by Crippen LogP contribution is 2.43. The van der Waals surface area contributed by atoms with Gasteiger partial charge in [0.1, 0.15) is 5.82 Å². The molecule has 0 aliphatic carbocycles. The first-order valence-electron chi connectivity index (χ1n) is 6.62. The summed E-state index contributed by atoms with van der Waals surface area (Å²) in [6, 6.07) is 8.82. The molecule has 0 unspecified atom stereocenters. The van der Waals surface area contributed by atoms with Gasteiger partial charge in [-0.15, -0.1) is 5.12 Å². The van der Waals surface area contributed by atoms with Gasteiger partial charge in [0.15, 0.2) is 11.5 Å². The number of hydrogen-bond acceptors (Lipinski definition) is 4. The molecule has 0 fully saturated rings. The molecule has 1 amide bonds. The van der Waals surface area contributed by atoms with Crippen LogP contribution in [-0.4, -0.2) is 20.1 Å². The van der Waals surface area contributed by atoms with Gasteiger partial charge in [0.25, 0.3) is 5.91 Å². The number of carbonyl (C=O) groups excluding carboxylic acids is 1. The molecule has 23 heavy (non-hydrogen) atoms. The molecule has 0 radical (unpaired) electrons. The first kappa shape index (κ1) is 17.1. The van der Waals surface area contributed by atoms with Crippen LogP contribution in [0.4, 0.5) is 14.6 Å². The Bertz CT molecular complexity index is 724. The number of nitrogens with zero attached hydrogens (tertiary/aromatic N) is 1. The summed E-state index contributed by atoms with van der Waals surface area (Å²) >= 11 is 1.14. The Kier molecular flexibility index (Phi) is 5.44. The Morgan fingerprint density at radius 1 is 1.13 bits per heavy atom. The van der Waals surface area contributed by atoms with Crippen LogP contribution < -0.4 is 14.6 Å². The minimum Gasteiger partial charge on any atom is -0.493 e. The van der Waals surface area contributed by atoms with E-state index in [0.29, 0.717) is 21.3 Å². The van der Waals surface area contributed by atoms with E-state index in [1.165, 1.54) is 26.4 Å². The standard InChI is InChI=1S/C16H15F2NO3S/c1-10(20)19(18)12-9-11(17)7-8-14(12)23-15-6-4-5-13(21-2)16(15)22-3/h4-9H,1-3H3. The van der Waals surface area contributed by atoms with Crippen molar-refractivity contribution >= 4 is 23.4 Å². The molecule has 0 N–H and O–H groups in total. The Balaban J connectivity index is 2.47. The Morgan fingerprint density at radius 3 is 2.48 bits per heavy atom. The van der Waals surface area contributed by atoms with Gasteiger partial charge in [-0.25, -0.2) is 4.39 Å². The molecule has 0 heterocycles. The van der Waals surface area contributed by atoms with Crippen molar-refractivity contribution in [1.82, 2.24) is 0 Å². The number of para-hydroxylation sites is 1. The van der Waals surface area contributed by atoms with E-state index in [1.807, 2.05) is 0 Å². The summed E-state index contributed by atoms with van der Waals surface area (Å²) < 4.78 is 37.9. The maximum absolute atomic E-state index is 14.0. The van der Waals surface area contributed by atoms with Gasteiger partial charge in [-0.1, -0.05) is 22.3 Å². The summed E-state index contributed by atoms with van der Waals surface area (Å²) in [5, 5.41) is -0.0853. The molecule has 0 bridgehead atoms. The van der Waals surface area contributed by atoms with Crippen LogP contribution in [0, 0.1) is 5.82 Å². The highest BCUT2D eigenvalue weighted by atomic mass is 32.2. The number of amides is 1. The van der Waals surface area contributed by atoms with E-state index >= 15 is 0 Å². The molecule has 2 rings (SSSR count). The van der Waals surface area contributed by atoms with Crippen molar-refractivity contribution in [2.45, 2.75) is 16.7 Å². The third kappa shape index (κ3) is 3.73. The van der Waals surface area contributed by atoms with E-state index in [0.717, 1.165) is 24.8 Å². The Labute approximate surface area is 136 Å². The summed E-state index contributed by atoms with van der Waals surface area (Å²) in [7, 11) is 3.00. The SMILES string of the molecule is COc1cccc(Sc2ccc(F)cc2N(F)C(C)=O)c1OC. The molecule has 0 saturated heterocycles. The van der Waals surface area contributed by atoms with E-state index in [9.17, 15) is 13.7 Å². The van der Waals surface area contributed by atoms with Crippen LogP contribution in [0.5, 0.6) is 11.5 Å². The van der Waals surface area contributed by atoms with Gasteiger partial charge in [-0.05, 0) is 24.3 Å². The number of halogens is 2. The maximum atomic E-state index is 14.0. The molecule has 2 aromatic carbocycles. The summed E-state index contributed by atoms with van der Waals surface area (Å²) in [5.41, 5.74) is -0.160. The third-order valence-corrected chi connectivity index (χ3v) is 4.10. The number of rotatable bonds is 5. The van der Waals surface area contributed by atoms with Crippen molar-refractivity contribution in [2.75, 3.05) is 19.3 Å². The minimum absolute atomic E-state index is 0.0853. The summed E-state index contributed by atoms with van der Waals surface area (Å²) in [4.78, 5) is 12.3. The van der Waals surface area contributed by atoms with Crippen LogP contribution in [0.25, 0.3) is 0 Å². The van der Waals surface area contributed by atoms with Crippen LogP contribution in [0.3, 0.4) is 0 Å². The summed E-state index contributed by atoms with van der Waals surface area (Å²) in [6.07, 6.45) is 0. The number of methoxy groups -OCH3 is 2. The number of anilines is 1. The topological polar surface area (TPSA) is 38.8 Å². The Morgan fingerprint density at radius 2 is 1.87 bits per heavy atom. The quantitative estimate of drug-likeness (QED) is 0.764. The van der Waals surface area contributed by atoms with Gasteiger partial charge >= 0.3 is 0 Å². The highest BCUT2D eigenvalue weighted by Gasteiger charge is 2.19. The van der Waals surface area contributed by atoms with Crippen LogP contribution in [0.15, 0.2) is 46.2 Å². The van der Waals surface area contributed by atoms with E-state index in [2.05, 4.69) is 0 Å². The monoisotopic (exact) mass is 339 g/mol. The number of carbonyl (C=O) groups is 1. The molecule has 0 atom stereocenters. The van der Waals surface area contributed by atoms with Crippen LogP contribution in [-0.2, 0) is 4.79 Å². The zero-order valence-electron chi connectivity index (χ0n) is 12.8. The third-order valence-electron chi connectivity index (χ3n) is 3.00. The van der Waals surface area contributed by atoms with Gasteiger partial charge in [0.2, 0.25) is 0 Å². The average Bonchev–Trinajstić information content (AvgIpc) is 2.55. The molecule has 122 valence electrons. The lowest BCUT2D eigenvalue weighted by molar-refractivity contribution is -0.119. The average molecular weight is 339 g/mol. The van der Waals surface area contributed by atoms with Gasteiger partial charge in [-0.3, -0.25) is 4.79 Å². The highest BCUT2D eigenvalue weighted by molar-refractivity contribution is 7.99. The molecule has 0 saturated carbocycles. The van der Waals surface area contributed by atoms with Crippen LogP contribution in [0.1, 0.15) is 6.92 Å². The lowest BCUT2D eigenvalue weighted by Crippen LogP contribution is -2.18. The van der Waals surface area contributed by atoms with E-state index in [1.54, 1.807) is 18.2 Å². The molecule has 4 nitrogen and oxygen atoms in total. The predicted octanol–water partition coefficient (Wildman–Crippen LogP) is 4.23. The second kappa shape index (κ2) is 7.32. The number of benzene rings is 2. The van der Waals surface area contributed by atoms with Crippen molar-refractivity contribution in [1.29, 1.82) is 0 Å². The van der Waals surface area contributed by atoms with Crippen molar-refractivity contribution in [2.24, 2.45) is 0 Å². The molecular formula is C16H15F2NO3S. The fourth-order valence-corrected chi connectivity index (χ4v) is 3.00. The maximum Gasteiger partial charge on any atom is 0.251 e. The zero-order chi connectivity index (χ0) is 17.0. The molecule has 0 spiro atoms. The minimum atomic E-state index is -0.838. The summed E-state index contributed by atoms with van der Waals surface area (Å²) in [5.74, 6) is -0.478. The number of ether oxygens (including phenoxy) is 2. The van der Waals surface area contributed by atoms with E-state index in [-0.39, 0.29) is 10.8 Å². The molecular weight excluding hydrogens is 324 g/mol. The molecule has 0 aliphatic rings. The molecule has 0 aromatic heterocycles. The molecule has 0 aliphatic heterocycles. The van der Waals surface area contributed by atoms with E-state index < -0.39 is 11.7 Å².